The van der Waals surface area contributed by atoms with Crippen LogP contribution in [-0.4, -0.2) is 40.2 Å². The lowest BCUT2D eigenvalue weighted by Gasteiger charge is -2.27. The van der Waals surface area contributed by atoms with Crippen LogP contribution in [0, 0.1) is 0 Å². The molecule has 0 spiro atoms. The lowest BCUT2D eigenvalue weighted by molar-refractivity contribution is -0.155. The van der Waals surface area contributed by atoms with Gasteiger partial charge >= 0.3 is 0 Å². The smallest absolute Gasteiger partial charge is 0.258 e. The van der Waals surface area contributed by atoms with Crippen molar-refractivity contribution < 1.29 is 14.7 Å². The fourth-order valence-electron chi connectivity index (χ4n) is 1.99. The van der Waals surface area contributed by atoms with Gasteiger partial charge in [0.25, 0.3) is 5.91 Å². The highest BCUT2D eigenvalue weighted by molar-refractivity contribution is 7.99. The molecule has 1 aliphatic rings. The lowest BCUT2D eigenvalue weighted by Crippen LogP contribution is -2.48. The average Bonchev–Trinajstić information content (AvgIpc) is 2.43. The summed E-state index contributed by atoms with van der Waals surface area (Å²) in [6.07, 6.45) is 0.259. The van der Waals surface area contributed by atoms with Crippen molar-refractivity contribution in [3.05, 3.63) is 30.3 Å². The molecule has 0 bridgehead atoms. The molecule has 0 unspecified atom stereocenters. The fourth-order valence-corrected chi connectivity index (χ4v) is 2.84. The summed E-state index contributed by atoms with van der Waals surface area (Å²) in [6.45, 7) is 0.397. The monoisotopic (exact) mass is 279 g/mol. The third kappa shape index (κ3) is 3.81. The number of piperidine rings is 1. The van der Waals surface area contributed by atoms with Gasteiger partial charge in [0, 0.05) is 17.9 Å². The van der Waals surface area contributed by atoms with E-state index >= 15 is 0 Å². The van der Waals surface area contributed by atoms with E-state index in [1.807, 2.05) is 30.3 Å². The number of likely N-dealkylation sites (tertiary alicyclic amines) is 1. The van der Waals surface area contributed by atoms with Crippen molar-refractivity contribution in [1.82, 2.24) is 4.90 Å². The topological polar surface area (TPSA) is 57.6 Å². The summed E-state index contributed by atoms with van der Waals surface area (Å²) in [5.74, 6) is 0.234. The Morgan fingerprint density at radius 3 is 2.74 bits per heavy atom. The van der Waals surface area contributed by atoms with Gasteiger partial charge in [-0.3, -0.25) is 14.5 Å². The summed E-state index contributed by atoms with van der Waals surface area (Å²) < 4.78 is 0. The van der Waals surface area contributed by atoms with E-state index in [0.717, 1.165) is 12.2 Å². The largest absolute Gasteiger partial charge is 0.383 e. The standard InChI is InChI=1S/C14H17NO3S/c16-12-7-8-13(17)15(14(12)18)9-4-10-19-11-5-2-1-3-6-11/h1-3,5-6,12,16H,4,7-10H2/t12-/m0/s1. The first-order chi connectivity index (χ1) is 9.18. The molecule has 102 valence electrons. The second-order valence-electron chi connectivity index (χ2n) is 4.45. The molecule has 5 heteroatoms. The molecule has 0 saturated carbocycles. The molecule has 1 aromatic carbocycles. The van der Waals surface area contributed by atoms with Crippen molar-refractivity contribution in [3.8, 4) is 0 Å². The zero-order valence-electron chi connectivity index (χ0n) is 10.6. The highest BCUT2D eigenvalue weighted by Gasteiger charge is 2.32. The molecule has 1 N–H and O–H groups in total. The van der Waals surface area contributed by atoms with Gasteiger partial charge in [0.05, 0.1) is 0 Å². The summed E-state index contributed by atoms with van der Waals surface area (Å²) in [6, 6.07) is 10.0. The number of carbonyl (C=O) groups is 2. The maximum atomic E-state index is 11.6. The Labute approximate surface area is 116 Å². The number of nitrogens with zero attached hydrogens (tertiary/aromatic N) is 1. The Hall–Kier alpha value is -1.33. The molecule has 1 aliphatic heterocycles. The first kappa shape index (κ1) is 14.1. The lowest BCUT2D eigenvalue weighted by atomic mass is 10.1. The Kier molecular flexibility index (Phi) is 4.99. The molecule has 2 amide bonds. The highest BCUT2D eigenvalue weighted by atomic mass is 32.2. The SMILES string of the molecule is O=C1CC[C@H](O)C(=O)N1CCCSc1ccccc1. The van der Waals surface area contributed by atoms with Crippen LogP contribution in [0.4, 0.5) is 0 Å². The first-order valence-corrected chi connectivity index (χ1v) is 7.37. The van der Waals surface area contributed by atoms with E-state index in [4.69, 9.17) is 0 Å². The van der Waals surface area contributed by atoms with Crippen molar-refractivity contribution in [2.24, 2.45) is 0 Å². The van der Waals surface area contributed by atoms with E-state index in [9.17, 15) is 14.7 Å². The number of carbonyl (C=O) groups excluding carboxylic acids is 2. The van der Waals surface area contributed by atoms with Crippen LogP contribution in [0.15, 0.2) is 35.2 Å². The van der Waals surface area contributed by atoms with Gasteiger partial charge in [0.1, 0.15) is 6.10 Å². The number of benzene rings is 1. The summed E-state index contributed by atoms with van der Waals surface area (Å²) in [5, 5.41) is 9.45. The molecule has 1 fully saturated rings. The third-order valence-electron chi connectivity index (χ3n) is 3.02. The molecule has 19 heavy (non-hydrogen) atoms. The van der Waals surface area contributed by atoms with Crippen LogP contribution in [0.3, 0.4) is 0 Å². The molecule has 1 heterocycles. The van der Waals surface area contributed by atoms with E-state index in [1.54, 1.807) is 11.8 Å². The number of rotatable bonds is 5. The minimum Gasteiger partial charge on any atom is -0.383 e. The molecule has 0 aromatic heterocycles. The molecule has 4 nitrogen and oxygen atoms in total. The molecule has 1 aromatic rings. The first-order valence-electron chi connectivity index (χ1n) is 6.38. The van der Waals surface area contributed by atoms with Crippen molar-refractivity contribution in [2.75, 3.05) is 12.3 Å². The van der Waals surface area contributed by atoms with Crippen LogP contribution >= 0.6 is 11.8 Å². The maximum absolute atomic E-state index is 11.6. The molecule has 0 radical (unpaired) electrons. The third-order valence-corrected chi connectivity index (χ3v) is 4.12. The van der Waals surface area contributed by atoms with Crippen LogP contribution < -0.4 is 0 Å². The number of aliphatic hydroxyl groups is 1. The zero-order chi connectivity index (χ0) is 13.7. The fraction of sp³-hybridized carbons (Fsp3) is 0.429. The summed E-state index contributed by atoms with van der Waals surface area (Å²) >= 11 is 1.70. The van der Waals surface area contributed by atoms with Gasteiger partial charge in [0.15, 0.2) is 0 Å². The molecule has 1 atom stereocenters. The summed E-state index contributed by atoms with van der Waals surface area (Å²) in [4.78, 5) is 25.6. The van der Waals surface area contributed by atoms with Gasteiger partial charge in [0.2, 0.25) is 5.91 Å². The summed E-state index contributed by atoms with van der Waals surface area (Å²) in [5.41, 5.74) is 0. The van der Waals surface area contributed by atoms with E-state index in [-0.39, 0.29) is 18.7 Å². The van der Waals surface area contributed by atoms with Crippen LogP contribution in [-0.2, 0) is 9.59 Å². The van der Waals surface area contributed by atoms with Crippen LogP contribution in [0.25, 0.3) is 0 Å². The predicted octanol–water partition coefficient (Wildman–Crippen LogP) is 1.68. The van der Waals surface area contributed by atoms with Gasteiger partial charge in [-0.1, -0.05) is 18.2 Å². The van der Waals surface area contributed by atoms with Crippen LogP contribution in [0.1, 0.15) is 19.3 Å². The maximum Gasteiger partial charge on any atom is 0.258 e. The van der Waals surface area contributed by atoms with Gasteiger partial charge in [-0.25, -0.2) is 0 Å². The van der Waals surface area contributed by atoms with Gasteiger partial charge in [-0.2, -0.15) is 0 Å². The molecule has 0 aliphatic carbocycles. The Morgan fingerprint density at radius 1 is 1.26 bits per heavy atom. The van der Waals surface area contributed by atoms with Crippen molar-refractivity contribution >= 4 is 23.6 Å². The minimum atomic E-state index is -1.00. The normalized spacial score (nSPS) is 19.8. The molecular weight excluding hydrogens is 262 g/mol. The number of imide groups is 1. The van der Waals surface area contributed by atoms with E-state index in [1.165, 1.54) is 9.80 Å². The number of hydrogen-bond donors (Lipinski definition) is 1. The molecule has 1 saturated heterocycles. The van der Waals surface area contributed by atoms with Crippen LogP contribution in [0.2, 0.25) is 0 Å². The van der Waals surface area contributed by atoms with Crippen molar-refractivity contribution in [3.63, 3.8) is 0 Å². The van der Waals surface area contributed by atoms with Gasteiger partial charge < -0.3 is 5.11 Å². The quantitative estimate of drug-likeness (QED) is 0.506. The minimum absolute atomic E-state index is 0.167. The number of aliphatic hydroxyl groups excluding tert-OH is 1. The average molecular weight is 279 g/mol. The number of thioether (sulfide) groups is 1. The number of amides is 2. The predicted molar refractivity (Wildman–Crippen MR) is 73.7 cm³/mol. The van der Waals surface area contributed by atoms with Crippen LogP contribution in [0.5, 0.6) is 0 Å². The Balaban J connectivity index is 1.76. The van der Waals surface area contributed by atoms with Crippen molar-refractivity contribution in [1.29, 1.82) is 0 Å². The number of hydrogen-bond acceptors (Lipinski definition) is 4. The summed E-state index contributed by atoms with van der Waals surface area (Å²) in [7, 11) is 0. The zero-order valence-corrected chi connectivity index (χ0v) is 11.4. The van der Waals surface area contributed by atoms with E-state index in [2.05, 4.69) is 0 Å². The molecular formula is C14H17NO3S. The van der Waals surface area contributed by atoms with E-state index < -0.39 is 12.0 Å². The highest BCUT2D eigenvalue weighted by Crippen LogP contribution is 2.19. The van der Waals surface area contributed by atoms with E-state index in [0.29, 0.717) is 6.54 Å². The Morgan fingerprint density at radius 2 is 2.00 bits per heavy atom. The van der Waals surface area contributed by atoms with Gasteiger partial charge in [-0.05, 0) is 30.7 Å². The Bertz CT molecular complexity index is 449. The van der Waals surface area contributed by atoms with Gasteiger partial charge in [-0.15, -0.1) is 11.8 Å². The molecule has 2 rings (SSSR count). The second-order valence-corrected chi connectivity index (χ2v) is 5.62. The van der Waals surface area contributed by atoms with Crippen molar-refractivity contribution in [2.45, 2.75) is 30.3 Å². The second kappa shape index (κ2) is 6.73.